The summed E-state index contributed by atoms with van der Waals surface area (Å²) in [7, 11) is 0. The molecule has 0 amide bonds. The maximum absolute atomic E-state index is 13.7. The SMILES string of the molecule is CCc1ccc(Oc2ncc(Cl)cc2Cl)cc1C1=C(O)[C@@H]2CC[C@](C)(C1=O)C2(C)C. The zero-order valence-electron chi connectivity index (χ0n) is 17.6. The number of allylic oxidation sites excluding steroid dienone is 2. The molecule has 0 spiro atoms. The molecule has 30 heavy (non-hydrogen) atoms. The Morgan fingerprint density at radius 1 is 1.23 bits per heavy atom. The summed E-state index contributed by atoms with van der Waals surface area (Å²) in [6.45, 7) is 8.24. The van der Waals surface area contributed by atoms with Crippen LogP contribution in [-0.4, -0.2) is 15.9 Å². The molecule has 2 aromatic rings. The van der Waals surface area contributed by atoms with Crippen molar-refractivity contribution in [3.05, 3.63) is 57.4 Å². The number of aliphatic hydroxyl groups is 1. The lowest BCUT2D eigenvalue weighted by Gasteiger charge is -2.45. The highest BCUT2D eigenvalue weighted by atomic mass is 35.5. The molecular formula is C24H25Cl2NO3. The van der Waals surface area contributed by atoms with Gasteiger partial charge in [-0.25, -0.2) is 4.98 Å². The van der Waals surface area contributed by atoms with Crippen LogP contribution in [0.15, 0.2) is 36.2 Å². The fourth-order valence-corrected chi connectivity index (χ4v) is 5.38. The predicted molar refractivity (Wildman–Crippen MR) is 119 cm³/mol. The maximum Gasteiger partial charge on any atom is 0.238 e. The zero-order chi connectivity index (χ0) is 21.8. The molecule has 2 aliphatic carbocycles. The van der Waals surface area contributed by atoms with Crippen LogP contribution in [0.4, 0.5) is 0 Å². The van der Waals surface area contributed by atoms with Crippen molar-refractivity contribution < 1.29 is 14.6 Å². The Kier molecular flexibility index (Phi) is 5.14. The molecule has 1 saturated carbocycles. The molecule has 0 aliphatic heterocycles. The molecule has 158 valence electrons. The summed E-state index contributed by atoms with van der Waals surface area (Å²) in [6, 6.07) is 7.11. The van der Waals surface area contributed by atoms with E-state index < -0.39 is 5.41 Å². The number of hydrogen-bond acceptors (Lipinski definition) is 4. The van der Waals surface area contributed by atoms with E-state index >= 15 is 0 Å². The number of rotatable bonds is 4. The molecule has 2 bridgehead atoms. The van der Waals surface area contributed by atoms with Crippen molar-refractivity contribution in [2.24, 2.45) is 16.7 Å². The summed E-state index contributed by atoms with van der Waals surface area (Å²) in [6.07, 6.45) is 3.78. The van der Waals surface area contributed by atoms with Crippen LogP contribution < -0.4 is 4.74 Å². The number of halogens is 2. The molecule has 6 heteroatoms. The largest absolute Gasteiger partial charge is 0.511 e. The normalized spacial score (nSPS) is 25.0. The Bertz CT molecular complexity index is 1080. The van der Waals surface area contributed by atoms with Gasteiger partial charge >= 0.3 is 0 Å². The standard InChI is InChI=1S/C24H25Cl2NO3/c1-5-13-6-7-15(30-22-18(26)10-14(25)12-27-22)11-16(13)19-20(28)17-8-9-24(4,21(19)29)23(17,2)3/h6-7,10-12,17,28H,5,8-9H2,1-4H3/t17-,24+/m0/s1. The smallest absolute Gasteiger partial charge is 0.238 e. The molecule has 1 aromatic carbocycles. The monoisotopic (exact) mass is 445 g/mol. The van der Waals surface area contributed by atoms with Gasteiger partial charge in [-0.15, -0.1) is 0 Å². The fraction of sp³-hybridized carbons (Fsp3) is 0.417. The number of benzene rings is 1. The van der Waals surface area contributed by atoms with Crippen molar-refractivity contribution in [2.75, 3.05) is 0 Å². The first-order valence-electron chi connectivity index (χ1n) is 10.2. The molecule has 4 nitrogen and oxygen atoms in total. The topological polar surface area (TPSA) is 59.4 Å². The van der Waals surface area contributed by atoms with E-state index in [4.69, 9.17) is 27.9 Å². The van der Waals surface area contributed by atoms with Gasteiger partial charge in [0.1, 0.15) is 16.5 Å². The van der Waals surface area contributed by atoms with E-state index in [1.165, 1.54) is 6.20 Å². The average Bonchev–Trinajstić information content (AvgIpc) is 2.87. The highest BCUT2D eigenvalue weighted by Gasteiger charge is 2.61. The second-order valence-corrected chi connectivity index (χ2v) is 9.79. The lowest BCUT2D eigenvalue weighted by Crippen LogP contribution is -2.45. The number of Topliss-reactive ketones (excluding diaryl/α,β-unsaturated/α-hetero) is 1. The maximum atomic E-state index is 13.7. The van der Waals surface area contributed by atoms with Gasteiger partial charge in [-0.3, -0.25) is 4.79 Å². The van der Waals surface area contributed by atoms with Gasteiger partial charge in [0.25, 0.3) is 0 Å². The Morgan fingerprint density at radius 2 is 1.97 bits per heavy atom. The molecule has 1 aromatic heterocycles. The van der Waals surface area contributed by atoms with Gasteiger partial charge in [-0.2, -0.15) is 0 Å². The average molecular weight is 446 g/mol. The van der Waals surface area contributed by atoms with E-state index in [0.29, 0.717) is 21.4 Å². The molecule has 1 N–H and O–H groups in total. The second kappa shape index (κ2) is 7.28. The van der Waals surface area contributed by atoms with Crippen molar-refractivity contribution in [1.29, 1.82) is 0 Å². The van der Waals surface area contributed by atoms with E-state index in [0.717, 1.165) is 30.4 Å². The molecule has 1 fully saturated rings. The third-order valence-electron chi connectivity index (χ3n) is 7.26. The summed E-state index contributed by atoms with van der Waals surface area (Å²) in [5.74, 6) is 0.909. The Morgan fingerprint density at radius 3 is 2.63 bits per heavy atom. The molecule has 2 aliphatic rings. The molecule has 4 rings (SSSR count). The number of aliphatic hydroxyl groups excluding tert-OH is 1. The first-order valence-corrected chi connectivity index (χ1v) is 11.0. The summed E-state index contributed by atoms with van der Waals surface area (Å²) >= 11 is 12.1. The van der Waals surface area contributed by atoms with Crippen LogP contribution in [0.2, 0.25) is 10.0 Å². The third kappa shape index (κ3) is 3.04. The first-order chi connectivity index (χ1) is 14.1. The van der Waals surface area contributed by atoms with E-state index in [-0.39, 0.29) is 28.8 Å². The predicted octanol–water partition coefficient (Wildman–Crippen LogP) is 7.04. The van der Waals surface area contributed by atoms with E-state index in [2.05, 4.69) is 18.8 Å². The van der Waals surface area contributed by atoms with Gasteiger partial charge in [0.15, 0.2) is 5.78 Å². The van der Waals surface area contributed by atoms with Crippen molar-refractivity contribution in [2.45, 2.75) is 47.0 Å². The van der Waals surface area contributed by atoms with E-state index in [1.54, 1.807) is 12.1 Å². The van der Waals surface area contributed by atoms with Crippen LogP contribution in [0.3, 0.4) is 0 Å². The molecular weight excluding hydrogens is 421 g/mol. The summed E-state index contributed by atoms with van der Waals surface area (Å²) in [5.41, 5.74) is 1.35. The summed E-state index contributed by atoms with van der Waals surface area (Å²) in [4.78, 5) is 17.8. The van der Waals surface area contributed by atoms with Gasteiger partial charge in [-0.05, 0) is 54.0 Å². The number of carbonyl (C=O) groups is 1. The Hall–Kier alpha value is -2.04. The van der Waals surface area contributed by atoms with Gasteiger partial charge in [0.05, 0.1) is 10.6 Å². The van der Waals surface area contributed by atoms with Gasteiger partial charge in [0.2, 0.25) is 5.88 Å². The minimum Gasteiger partial charge on any atom is -0.511 e. The van der Waals surface area contributed by atoms with Crippen LogP contribution in [-0.2, 0) is 11.2 Å². The lowest BCUT2D eigenvalue weighted by molar-refractivity contribution is -0.128. The molecule has 0 radical (unpaired) electrons. The number of ether oxygens (including phenoxy) is 1. The van der Waals surface area contributed by atoms with Crippen molar-refractivity contribution in [3.63, 3.8) is 0 Å². The van der Waals surface area contributed by atoms with Crippen LogP contribution >= 0.6 is 23.2 Å². The van der Waals surface area contributed by atoms with Crippen molar-refractivity contribution in [3.8, 4) is 11.6 Å². The number of carbonyl (C=O) groups excluding carboxylic acids is 1. The van der Waals surface area contributed by atoms with Gasteiger partial charge in [0, 0.05) is 17.5 Å². The van der Waals surface area contributed by atoms with E-state index in [1.807, 2.05) is 26.0 Å². The van der Waals surface area contributed by atoms with Crippen LogP contribution in [0.1, 0.15) is 51.7 Å². The summed E-state index contributed by atoms with van der Waals surface area (Å²) < 4.78 is 5.88. The van der Waals surface area contributed by atoms with E-state index in [9.17, 15) is 9.90 Å². The number of pyridine rings is 1. The number of hydrogen-bond donors (Lipinski definition) is 1. The Balaban J connectivity index is 1.82. The zero-order valence-corrected chi connectivity index (χ0v) is 19.1. The first kappa shape index (κ1) is 21.2. The fourth-order valence-electron chi connectivity index (χ4n) is 4.96. The number of nitrogens with zero attached hydrogens (tertiary/aromatic N) is 1. The van der Waals surface area contributed by atoms with Crippen LogP contribution in [0.5, 0.6) is 11.6 Å². The Labute approximate surface area is 186 Å². The third-order valence-corrected chi connectivity index (χ3v) is 7.74. The molecule has 1 heterocycles. The lowest BCUT2D eigenvalue weighted by atomic mass is 9.58. The van der Waals surface area contributed by atoms with Crippen LogP contribution in [0, 0.1) is 16.7 Å². The molecule has 0 saturated heterocycles. The number of aromatic nitrogens is 1. The highest BCUT2D eigenvalue weighted by molar-refractivity contribution is 6.35. The minimum absolute atomic E-state index is 0.00764. The minimum atomic E-state index is -0.498. The number of ketones is 1. The van der Waals surface area contributed by atoms with Crippen molar-refractivity contribution in [1.82, 2.24) is 4.98 Å². The second-order valence-electron chi connectivity index (χ2n) is 8.95. The number of aryl methyl sites for hydroxylation is 1. The molecule has 0 unspecified atom stereocenters. The number of fused-ring (bicyclic) bond motifs is 2. The van der Waals surface area contributed by atoms with Gasteiger partial charge < -0.3 is 9.84 Å². The molecule has 2 atom stereocenters. The van der Waals surface area contributed by atoms with Gasteiger partial charge in [-0.1, -0.05) is 57.0 Å². The van der Waals surface area contributed by atoms with Crippen LogP contribution in [0.25, 0.3) is 5.57 Å². The quantitative estimate of drug-likeness (QED) is 0.547. The highest BCUT2D eigenvalue weighted by Crippen LogP contribution is 2.63. The van der Waals surface area contributed by atoms with Crippen molar-refractivity contribution >= 4 is 34.6 Å². The summed E-state index contributed by atoms with van der Waals surface area (Å²) in [5, 5.41) is 11.9.